The van der Waals surface area contributed by atoms with Crippen molar-refractivity contribution in [1.29, 1.82) is 0 Å². The molecule has 1 aromatic heterocycles. The molecule has 0 radical (unpaired) electrons. The molecule has 1 amide bonds. The number of carbonyl (C=O) groups excluding carboxylic acids is 1. The Morgan fingerprint density at radius 2 is 2.43 bits per heavy atom. The van der Waals surface area contributed by atoms with Gasteiger partial charge in [-0.15, -0.1) is 0 Å². The molecular formula is C16H21N3O2. The van der Waals surface area contributed by atoms with Gasteiger partial charge < -0.3 is 19.9 Å². The maximum Gasteiger partial charge on any atom is 0.407 e. The van der Waals surface area contributed by atoms with Crippen LogP contribution in [-0.2, 0) is 17.6 Å². The van der Waals surface area contributed by atoms with Gasteiger partial charge in [-0.2, -0.15) is 0 Å². The molecule has 0 saturated carbocycles. The highest BCUT2D eigenvalue weighted by atomic mass is 16.6. The number of aryl methyl sites for hydroxylation is 1. The fourth-order valence-corrected chi connectivity index (χ4v) is 2.38. The van der Waals surface area contributed by atoms with E-state index in [4.69, 9.17) is 11.7 Å². The minimum Gasteiger partial charge on any atom is -0.447 e. The molecule has 1 saturated heterocycles. The van der Waals surface area contributed by atoms with E-state index in [1.807, 2.05) is 6.07 Å². The van der Waals surface area contributed by atoms with Gasteiger partial charge in [0.1, 0.15) is 6.61 Å². The van der Waals surface area contributed by atoms with Crippen LogP contribution in [0, 0.1) is 0 Å². The number of nitrogens with zero attached hydrogens (tertiary/aromatic N) is 1. The first kappa shape index (κ1) is 9.10. The van der Waals surface area contributed by atoms with Crippen LogP contribution in [0.2, 0.25) is 2.82 Å². The number of benzene rings is 1. The number of cyclic esters (lactones) is 1. The summed E-state index contributed by atoms with van der Waals surface area (Å²) in [6.45, 7) is -1.50. The summed E-state index contributed by atoms with van der Waals surface area (Å²) >= 11 is 0. The number of H-pyrrole nitrogens is 1. The molecule has 2 aromatic rings. The number of amides is 1. The highest BCUT2D eigenvalue weighted by Crippen LogP contribution is 2.21. The van der Waals surface area contributed by atoms with Crippen LogP contribution in [0.5, 0.6) is 0 Å². The summed E-state index contributed by atoms with van der Waals surface area (Å²) in [5.74, 6) is 0. The van der Waals surface area contributed by atoms with Crippen LogP contribution in [0.4, 0.5) is 4.79 Å². The van der Waals surface area contributed by atoms with Crippen molar-refractivity contribution in [3.05, 3.63) is 35.5 Å². The van der Waals surface area contributed by atoms with E-state index in [1.54, 1.807) is 26.2 Å². The van der Waals surface area contributed by atoms with Crippen LogP contribution in [-0.4, -0.2) is 49.2 Å². The van der Waals surface area contributed by atoms with Crippen LogP contribution in [0.25, 0.3) is 10.9 Å². The number of fused-ring (bicyclic) bond motifs is 1. The zero-order valence-corrected chi connectivity index (χ0v) is 12.1. The average molecular weight is 292 g/mol. The standard InChI is InChI=1S/C16H21N3O2/c1-19(2)6-5-12-9-17-15-4-3-11(8-14(12)15)7-13-10-21-16(20)18-13/h3-4,8-9,13,17H,5-7,10H2,1-2H3,(H,18,20)/t13-/m0/s1/i6D2,9D/hD2. The molecule has 112 valence electrons. The van der Waals surface area contributed by atoms with Crippen molar-refractivity contribution in [1.82, 2.24) is 15.2 Å². The van der Waals surface area contributed by atoms with Gasteiger partial charge in [-0.05, 0) is 50.2 Å². The van der Waals surface area contributed by atoms with E-state index in [-0.39, 0.29) is 25.2 Å². The number of rotatable bonds is 5. The van der Waals surface area contributed by atoms with E-state index < -0.39 is 12.6 Å². The van der Waals surface area contributed by atoms with Crippen molar-refractivity contribution in [3.8, 4) is 0 Å². The summed E-state index contributed by atoms with van der Waals surface area (Å²) in [6.07, 6.45) is -0.298. The lowest BCUT2D eigenvalue weighted by molar-refractivity contribution is 0.177. The smallest absolute Gasteiger partial charge is 0.407 e. The number of hydrogen-bond donors (Lipinski definition) is 2. The second-order valence-corrected chi connectivity index (χ2v) is 5.35. The Morgan fingerprint density at radius 3 is 3.14 bits per heavy atom. The Hall–Kier alpha value is -2.01. The second-order valence-electron chi connectivity index (χ2n) is 5.35. The number of likely N-dealkylation sites (N-methyl/N-ethyl adjacent to an activating group) is 1. The van der Waals surface area contributed by atoms with Gasteiger partial charge >= 0.3 is 6.09 Å². The van der Waals surface area contributed by atoms with E-state index in [0.717, 1.165) is 15.9 Å². The first-order valence-electron chi connectivity index (χ1n) is 9.25. The van der Waals surface area contributed by atoms with Crippen molar-refractivity contribution in [2.75, 3.05) is 27.2 Å². The summed E-state index contributed by atoms with van der Waals surface area (Å²) in [4.78, 5) is 13.8. The third-order valence-electron chi connectivity index (χ3n) is 3.43. The molecule has 0 aliphatic carbocycles. The van der Waals surface area contributed by atoms with Gasteiger partial charge in [0.05, 0.1) is 7.41 Å². The summed E-state index contributed by atoms with van der Waals surface area (Å²) in [5, 5.41) is 1.47. The normalized spacial score (nSPS) is 22.8. The van der Waals surface area contributed by atoms with Gasteiger partial charge in [-0.3, -0.25) is 0 Å². The first-order chi connectivity index (χ1) is 12.1. The number of hydrogen-bond acceptors (Lipinski definition) is 3. The highest BCUT2D eigenvalue weighted by molar-refractivity contribution is 5.84. The molecule has 2 N–H and O–H groups in total. The lowest BCUT2D eigenvalue weighted by atomic mass is 10.0. The fourth-order valence-electron chi connectivity index (χ4n) is 2.38. The molecule has 5 heteroatoms. The summed E-state index contributed by atoms with van der Waals surface area (Å²) < 4.78 is 45.1. The second kappa shape index (κ2) is 5.77. The van der Waals surface area contributed by atoms with E-state index in [0.29, 0.717) is 22.9 Å². The third kappa shape index (κ3) is 3.19. The monoisotopic (exact) mass is 292 g/mol. The van der Waals surface area contributed by atoms with Crippen molar-refractivity contribution in [3.63, 3.8) is 0 Å². The molecule has 1 aliphatic rings. The van der Waals surface area contributed by atoms with Gasteiger partial charge in [0.25, 0.3) is 0 Å². The quantitative estimate of drug-likeness (QED) is 0.885. The molecular weight excluding hydrogens is 266 g/mol. The Bertz CT molecular complexity index is 852. The van der Waals surface area contributed by atoms with Crippen molar-refractivity contribution in [2.45, 2.75) is 18.9 Å². The summed E-state index contributed by atoms with van der Waals surface area (Å²) in [6, 6.07) is 4.95. The van der Waals surface area contributed by atoms with E-state index in [2.05, 4.69) is 0 Å². The van der Waals surface area contributed by atoms with Crippen LogP contribution in [0.1, 0.15) is 15.2 Å². The summed E-state index contributed by atoms with van der Waals surface area (Å²) in [5.41, 5.74) is 1.84. The van der Waals surface area contributed by atoms with Crippen molar-refractivity contribution < 1.29 is 16.5 Å². The fraction of sp³-hybridized carbons (Fsp3) is 0.438. The number of aromatic nitrogens is 1. The maximum absolute atomic E-state index is 11.3. The number of carbonyl (C=O) groups is 1. The number of aromatic amines is 1. The van der Waals surface area contributed by atoms with Crippen LogP contribution in [0.15, 0.2) is 24.4 Å². The third-order valence-corrected chi connectivity index (χ3v) is 3.43. The SMILES string of the molecule is [2H]c1c(CC([2H])([2H])N(C)C)c2cc(C[C@H]3COC(=O)N3[2H])ccc2n1[2H]. The average Bonchev–Trinajstić information content (AvgIpc) is 3.01. The molecule has 5 nitrogen and oxygen atoms in total. The predicted octanol–water partition coefficient (Wildman–Crippen LogP) is 1.92. The zero-order chi connectivity index (χ0) is 19.2. The maximum atomic E-state index is 11.3. The van der Waals surface area contributed by atoms with Crippen LogP contribution < -0.4 is 5.31 Å². The van der Waals surface area contributed by atoms with Crippen LogP contribution >= 0.6 is 0 Å². The van der Waals surface area contributed by atoms with Gasteiger partial charge in [-0.1, -0.05) is 6.07 Å². The topological polar surface area (TPSA) is 57.4 Å². The Morgan fingerprint density at radius 1 is 1.57 bits per heavy atom. The Balaban J connectivity index is 1.97. The van der Waals surface area contributed by atoms with E-state index in [1.165, 1.54) is 4.90 Å². The summed E-state index contributed by atoms with van der Waals surface area (Å²) in [7, 11) is 3.27. The van der Waals surface area contributed by atoms with Crippen molar-refractivity contribution >= 4 is 17.0 Å². The Kier molecular flexibility index (Phi) is 2.50. The molecule has 1 aromatic carbocycles. The van der Waals surface area contributed by atoms with Crippen LogP contribution in [0.3, 0.4) is 0 Å². The van der Waals surface area contributed by atoms with Gasteiger partial charge in [0.2, 0.25) is 0 Å². The number of ether oxygens (including phenoxy) is 1. The lowest BCUT2D eigenvalue weighted by Crippen LogP contribution is -2.28. The number of nitrogens with one attached hydrogen (secondary N) is 2. The van der Waals surface area contributed by atoms with Gasteiger partial charge in [0, 0.05) is 26.3 Å². The van der Waals surface area contributed by atoms with E-state index in [9.17, 15) is 4.79 Å². The minimum absolute atomic E-state index is 0.0136. The van der Waals surface area contributed by atoms with Crippen molar-refractivity contribution in [2.24, 2.45) is 0 Å². The Labute approximate surface area is 131 Å². The highest BCUT2D eigenvalue weighted by Gasteiger charge is 2.22. The molecule has 21 heavy (non-hydrogen) atoms. The molecule has 3 rings (SSSR count). The zero-order valence-electron chi connectivity index (χ0n) is 17.1. The molecule has 2 heterocycles. The first-order valence-corrected chi connectivity index (χ1v) is 6.86. The molecule has 1 aliphatic heterocycles. The number of alkyl carbamates (subject to hydrolysis) is 1. The molecule has 1 fully saturated rings. The molecule has 1 atom stereocenters. The molecule has 0 unspecified atom stereocenters. The minimum atomic E-state index is -1.65. The lowest BCUT2D eigenvalue weighted by Gasteiger charge is -2.09. The molecule has 0 bridgehead atoms. The predicted molar refractivity (Wildman–Crippen MR) is 82.5 cm³/mol. The molecule has 0 spiro atoms. The van der Waals surface area contributed by atoms with Gasteiger partial charge in [-0.25, -0.2) is 4.79 Å². The van der Waals surface area contributed by atoms with Gasteiger partial charge in [0.15, 0.2) is 2.82 Å². The van der Waals surface area contributed by atoms with E-state index >= 15 is 0 Å². The largest absolute Gasteiger partial charge is 0.447 e.